The van der Waals surface area contributed by atoms with E-state index in [4.69, 9.17) is 4.74 Å². The first kappa shape index (κ1) is 12.8. The van der Waals surface area contributed by atoms with Gasteiger partial charge in [-0.15, -0.1) is 0 Å². The molecule has 1 atom stereocenters. The van der Waals surface area contributed by atoms with E-state index in [1.54, 1.807) is 0 Å². The van der Waals surface area contributed by atoms with Crippen LogP contribution in [0.25, 0.3) is 0 Å². The van der Waals surface area contributed by atoms with Crippen LogP contribution in [0.15, 0.2) is 24.3 Å². The summed E-state index contributed by atoms with van der Waals surface area (Å²) in [6, 6.07) is 8.93. The topological polar surface area (TPSA) is 21.3 Å². The Morgan fingerprint density at radius 1 is 1.47 bits per heavy atom. The highest BCUT2D eigenvalue weighted by atomic mass is 32.2. The molecule has 17 heavy (non-hydrogen) atoms. The number of hydrogen-bond donors (Lipinski definition) is 1. The maximum atomic E-state index is 5.86. The molecule has 1 unspecified atom stereocenters. The molecular weight excluding hydrogens is 230 g/mol. The number of ether oxygens (including phenoxy) is 1. The molecule has 1 N–H and O–H groups in total. The third-order valence-electron chi connectivity index (χ3n) is 2.97. The van der Waals surface area contributed by atoms with Gasteiger partial charge in [-0.3, -0.25) is 0 Å². The molecule has 1 aromatic rings. The quantitative estimate of drug-likeness (QED) is 0.889. The van der Waals surface area contributed by atoms with Crippen LogP contribution in [0.5, 0.6) is 5.75 Å². The first-order valence-corrected chi connectivity index (χ1v) is 7.45. The van der Waals surface area contributed by atoms with Gasteiger partial charge in [0.2, 0.25) is 0 Å². The van der Waals surface area contributed by atoms with Crippen molar-refractivity contribution in [2.24, 2.45) is 0 Å². The Morgan fingerprint density at radius 3 is 3.06 bits per heavy atom. The third-order valence-corrected chi connectivity index (χ3v) is 4.11. The van der Waals surface area contributed by atoms with E-state index in [1.165, 1.54) is 11.3 Å². The van der Waals surface area contributed by atoms with Crippen molar-refractivity contribution in [2.75, 3.05) is 24.7 Å². The second-order valence-electron chi connectivity index (χ2n) is 4.76. The lowest BCUT2D eigenvalue weighted by atomic mass is 10.0. The van der Waals surface area contributed by atoms with Crippen LogP contribution in [-0.4, -0.2) is 30.7 Å². The standard InChI is InChI=1S/C14H21NOS/c1-11(2)12-4-3-5-14(8-12)16-9-13-10-17-7-6-15-13/h3-5,8,11,13,15H,6-7,9-10H2,1-2H3. The van der Waals surface area contributed by atoms with E-state index >= 15 is 0 Å². The molecule has 0 bridgehead atoms. The van der Waals surface area contributed by atoms with Crippen molar-refractivity contribution in [2.45, 2.75) is 25.8 Å². The summed E-state index contributed by atoms with van der Waals surface area (Å²) in [6.07, 6.45) is 0. The van der Waals surface area contributed by atoms with Crippen LogP contribution in [0.4, 0.5) is 0 Å². The minimum atomic E-state index is 0.497. The van der Waals surface area contributed by atoms with Gasteiger partial charge in [-0.1, -0.05) is 26.0 Å². The summed E-state index contributed by atoms with van der Waals surface area (Å²) >= 11 is 2.00. The van der Waals surface area contributed by atoms with Gasteiger partial charge in [0.05, 0.1) is 6.04 Å². The number of thioether (sulfide) groups is 1. The fourth-order valence-corrected chi connectivity index (χ4v) is 2.81. The molecule has 2 rings (SSSR count). The second kappa shape index (κ2) is 6.31. The van der Waals surface area contributed by atoms with E-state index in [-0.39, 0.29) is 0 Å². The first-order chi connectivity index (χ1) is 8.25. The average Bonchev–Trinajstić information content (AvgIpc) is 2.38. The molecule has 1 aliphatic heterocycles. The predicted octanol–water partition coefficient (Wildman–Crippen LogP) is 2.89. The van der Waals surface area contributed by atoms with Crippen molar-refractivity contribution in [3.8, 4) is 5.75 Å². The zero-order valence-electron chi connectivity index (χ0n) is 10.6. The summed E-state index contributed by atoms with van der Waals surface area (Å²) in [5.41, 5.74) is 1.34. The number of hydrogen-bond acceptors (Lipinski definition) is 3. The summed E-state index contributed by atoms with van der Waals surface area (Å²) in [5.74, 6) is 3.93. The van der Waals surface area contributed by atoms with Crippen LogP contribution in [0.2, 0.25) is 0 Å². The van der Waals surface area contributed by atoms with Crippen molar-refractivity contribution >= 4 is 11.8 Å². The summed E-state index contributed by atoms with van der Waals surface area (Å²) < 4.78 is 5.86. The van der Waals surface area contributed by atoms with Crippen LogP contribution in [0, 0.1) is 0 Å². The molecule has 1 aliphatic rings. The molecule has 0 aliphatic carbocycles. The van der Waals surface area contributed by atoms with Crippen molar-refractivity contribution in [3.05, 3.63) is 29.8 Å². The molecule has 2 nitrogen and oxygen atoms in total. The van der Waals surface area contributed by atoms with Gasteiger partial charge < -0.3 is 10.1 Å². The minimum Gasteiger partial charge on any atom is -0.492 e. The van der Waals surface area contributed by atoms with Crippen LogP contribution in [-0.2, 0) is 0 Å². The molecule has 0 amide bonds. The van der Waals surface area contributed by atoms with Crippen LogP contribution < -0.4 is 10.1 Å². The second-order valence-corrected chi connectivity index (χ2v) is 5.91. The highest BCUT2D eigenvalue weighted by Crippen LogP contribution is 2.20. The molecule has 0 radical (unpaired) electrons. The van der Waals surface area contributed by atoms with Crippen molar-refractivity contribution in [1.82, 2.24) is 5.32 Å². The van der Waals surface area contributed by atoms with Gasteiger partial charge in [0.1, 0.15) is 12.4 Å². The Kier molecular flexibility index (Phi) is 4.75. The van der Waals surface area contributed by atoms with E-state index in [0.717, 1.165) is 24.7 Å². The first-order valence-electron chi connectivity index (χ1n) is 6.29. The lowest BCUT2D eigenvalue weighted by Crippen LogP contribution is -2.41. The lowest BCUT2D eigenvalue weighted by molar-refractivity contribution is 0.275. The highest BCUT2D eigenvalue weighted by Gasteiger charge is 2.13. The summed E-state index contributed by atoms with van der Waals surface area (Å²) in [6.45, 7) is 6.29. The Morgan fingerprint density at radius 2 is 2.35 bits per heavy atom. The van der Waals surface area contributed by atoms with Crippen molar-refractivity contribution in [1.29, 1.82) is 0 Å². The molecule has 0 spiro atoms. The Balaban J connectivity index is 1.87. The maximum absolute atomic E-state index is 5.86. The fourth-order valence-electron chi connectivity index (χ4n) is 1.89. The van der Waals surface area contributed by atoms with Gasteiger partial charge >= 0.3 is 0 Å². The minimum absolute atomic E-state index is 0.497. The predicted molar refractivity (Wildman–Crippen MR) is 75.1 cm³/mol. The molecule has 0 saturated carbocycles. The monoisotopic (exact) mass is 251 g/mol. The number of benzene rings is 1. The van der Waals surface area contributed by atoms with Crippen LogP contribution in [0.1, 0.15) is 25.3 Å². The Hall–Kier alpha value is -0.670. The normalized spacial score (nSPS) is 20.5. The van der Waals surface area contributed by atoms with E-state index in [1.807, 2.05) is 17.8 Å². The van der Waals surface area contributed by atoms with E-state index in [0.29, 0.717) is 12.0 Å². The molecule has 1 fully saturated rings. The van der Waals surface area contributed by atoms with Gasteiger partial charge in [0.15, 0.2) is 0 Å². The Bertz CT molecular complexity index is 348. The van der Waals surface area contributed by atoms with E-state index in [2.05, 4.69) is 37.4 Å². The van der Waals surface area contributed by atoms with Crippen LogP contribution >= 0.6 is 11.8 Å². The van der Waals surface area contributed by atoms with Gasteiger partial charge in [-0.25, -0.2) is 0 Å². The zero-order chi connectivity index (χ0) is 12.1. The third kappa shape index (κ3) is 3.93. The molecule has 1 heterocycles. The molecular formula is C14H21NOS. The molecule has 3 heteroatoms. The Labute approximate surface area is 108 Å². The van der Waals surface area contributed by atoms with Gasteiger partial charge in [0, 0.05) is 18.1 Å². The zero-order valence-corrected chi connectivity index (χ0v) is 11.4. The lowest BCUT2D eigenvalue weighted by Gasteiger charge is -2.23. The number of rotatable bonds is 4. The van der Waals surface area contributed by atoms with Gasteiger partial charge in [-0.05, 0) is 23.6 Å². The summed E-state index contributed by atoms with van der Waals surface area (Å²) in [5, 5.41) is 3.48. The largest absolute Gasteiger partial charge is 0.492 e. The van der Waals surface area contributed by atoms with E-state index in [9.17, 15) is 0 Å². The highest BCUT2D eigenvalue weighted by molar-refractivity contribution is 7.99. The van der Waals surface area contributed by atoms with E-state index < -0.39 is 0 Å². The maximum Gasteiger partial charge on any atom is 0.119 e. The smallest absolute Gasteiger partial charge is 0.119 e. The molecule has 0 aromatic heterocycles. The SMILES string of the molecule is CC(C)c1cccc(OCC2CSCCN2)c1. The van der Waals surface area contributed by atoms with Crippen molar-refractivity contribution < 1.29 is 4.74 Å². The van der Waals surface area contributed by atoms with Gasteiger partial charge in [0.25, 0.3) is 0 Å². The molecule has 94 valence electrons. The molecule has 1 saturated heterocycles. The average molecular weight is 251 g/mol. The van der Waals surface area contributed by atoms with Crippen molar-refractivity contribution in [3.63, 3.8) is 0 Å². The fraction of sp³-hybridized carbons (Fsp3) is 0.571. The summed E-state index contributed by atoms with van der Waals surface area (Å²) in [7, 11) is 0. The number of nitrogens with one attached hydrogen (secondary N) is 1. The van der Waals surface area contributed by atoms with Gasteiger partial charge in [-0.2, -0.15) is 11.8 Å². The molecule has 1 aromatic carbocycles. The van der Waals surface area contributed by atoms with Crippen LogP contribution in [0.3, 0.4) is 0 Å². The summed E-state index contributed by atoms with van der Waals surface area (Å²) in [4.78, 5) is 0.